The van der Waals surface area contributed by atoms with Gasteiger partial charge in [0, 0.05) is 30.9 Å². The summed E-state index contributed by atoms with van der Waals surface area (Å²) >= 11 is 0. The molecule has 16 nitrogen and oxygen atoms in total. The van der Waals surface area contributed by atoms with Gasteiger partial charge in [-0.25, -0.2) is 13.9 Å². The van der Waals surface area contributed by atoms with Crippen LogP contribution in [0.2, 0.25) is 0 Å². The lowest BCUT2D eigenvalue weighted by atomic mass is 9.85. The minimum Gasteiger partial charge on any atom is -0.456 e. The summed E-state index contributed by atoms with van der Waals surface area (Å²) in [6, 6.07) is 0. The molecule has 0 radical (unpaired) electrons. The van der Waals surface area contributed by atoms with Crippen LogP contribution in [-0.2, 0) is 41.8 Å². The molecule has 0 heterocycles. The van der Waals surface area contributed by atoms with Gasteiger partial charge in [-0.2, -0.15) is 13.5 Å². The highest BCUT2D eigenvalue weighted by molar-refractivity contribution is 7.59. The van der Waals surface area contributed by atoms with Crippen molar-refractivity contribution < 1.29 is 95.4 Å². The molecule has 0 aromatic carbocycles. The second-order valence-corrected chi connectivity index (χ2v) is 15.5. The third-order valence-electron chi connectivity index (χ3n) is 8.14. The van der Waals surface area contributed by atoms with Gasteiger partial charge in [0.25, 0.3) is 0 Å². The van der Waals surface area contributed by atoms with E-state index in [1.807, 2.05) is 0 Å². The number of rotatable bonds is 24. The van der Waals surface area contributed by atoms with Crippen molar-refractivity contribution >= 4 is 41.1 Å². The fraction of sp³-hybridized carbons (Fsp3) is 0.610. The minimum absolute atomic E-state index is 0. The maximum atomic E-state index is 12.9. The van der Waals surface area contributed by atoms with Gasteiger partial charge >= 0.3 is 27.6 Å². The van der Waals surface area contributed by atoms with Gasteiger partial charge in [-0.1, -0.05) is 89.9 Å². The summed E-state index contributed by atoms with van der Waals surface area (Å²) in [6.07, 6.45) is -1.12. The highest BCUT2D eigenvalue weighted by Crippen LogP contribution is 2.49. The quantitative estimate of drug-likeness (QED) is 0.0201. The molecule has 0 bridgehead atoms. The maximum Gasteiger partial charge on any atom is 0.472 e. The lowest BCUT2D eigenvalue weighted by Crippen LogP contribution is -2.64. The van der Waals surface area contributed by atoms with Crippen LogP contribution >= 0.6 is 29.1 Å². The number of hydrogen-bond donors (Lipinski definition) is 7. The Balaban J connectivity index is -0.000000207. The Kier molecular flexibility index (Phi) is 30.9. The molecule has 0 saturated heterocycles. The van der Waals surface area contributed by atoms with Gasteiger partial charge in [0.05, 0.1) is 6.61 Å². The first-order valence-electron chi connectivity index (χ1n) is 19.0. The predicted molar refractivity (Wildman–Crippen MR) is 251 cm³/mol. The lowest BCUT2D eigenvalue weighted by Gasteiger charge is -2.43. The number of phosphoric ester groups is 2. The Morgan fingerprint density at radius 1 is 0.600 bits per heavy atom. The molecule has 0 amide bonds. The summed E-state index contributed by atoms with van der Waals surface area (Å²) in [5.74, 6) is 31.5. The Morgan fingerprint density at radius 3 is 1.50 bits per heavy atom. The van der Waals surface area contributed by atoms with Gasteiger partial charge in [-0.15, -0.1) is 0 Å². The first kappa shape index (κ1) is 56.3. The van der Waals surface area contributed by atoms with Crippen molar-refractivity contribution in [2.75, 3.05) is 13.2 Å². The van der Waals surface area contributed by atoms with Crippen LogP contribution in [0.3, 0.4) is 0 Å². The van der Waals surface area contributed by atoms with Crippen LogP contribution in [0.5, 0.6) is 0 Å². The van der Waals surface area contributed by atoms with Gasteiger partial charge in [0.15, 0.2) is 6.10 Å². The zero-order valence-electron chi connectivity index (χ0n) is 33.6. The third-order valence-corrected chi connectivity index (χ3v) is 9.65. The fourth-order valence-electron chi connectivity index (χ4n) is 5.26. The highest BCUT2D eigenvalue weighted by Gasteiger charge is 2.54. The van der Waals surface area contributed by atoms with Gasteiger partial charge in [-0.3, -0.25) is 18.4 Å². The number of ether oxygens (including phenoxy) is 2. The summed E-state index contributed by atoms with van der Waals surface area (Å²) in [7, 11) is -10.8. The number of aliphatic hydroxyl groups excluding tert-OH is 4. The molecule has 356 valence electrons. The molecule has 0 aromatic rings. The van der Waals surface area contributed by atoms with Crippen LogP contribution in [0, 0.1) is 82.9 Å². The highest BCUT2D eigenvalue weighted by atomic mass is 32.1. The summed E-state index contributed by atoms with van der Waals surface area (Å²) in [4.78, 5) is 53.5. The molecular formula is C41H80O16P2S. The standard InChI is InChI=1S/C41H52O16P2.H2S.13H2/c1-3-5-7-9-11-13-15-17-19-21-23-25-27-29-34(42)53-31-33(55-35(43)30-28-26-24-22-20-18-16-14-12-10-8-6-4-2)32-54-59(51,52)57-41-38(46)36(44)37(45)40(39(41)47)56-58(48,49)50;;;;;;;;;;;;;;/h33,36-41,44-47H,4,6,8,10,12,14,16,18,20,22,24,26,28,30-32H2,1-2H3,(H,51,52)(H2,48,49,50);1H2;13*1H/t33-,36+,37?,38?,39-,40-,41?;;;;;;;;;;;;;;/m1............../s1. The molecule has 1 aliphatic carbocycles. The van der Waals surface area contributed by atoms with E-state index < -0.39 is 83.5 Å². The smallest absolute Gasteiger partial charge is 0.456 e. The Bertz CT molecular complexity index is 1940. The van der Waals surface area contributed by atoms with Crippen molar-refractivity contribution in [2.45, 2.75) is 146 Å². The Hall–Kier alpha value is -3.73. The normalized spacial score (nSPS) is 20.3. The molecule has 7 N–H and O–H groups in total. The SMILES string of the molecule is CC#CC#CC#CC#CC#CC#CC#CC(=O)OC[C@H](COP(=O)(O)OC1C(O)[C@@H](O)C(O)[C@@H](OP(=O)(O)O)[C@H]1O)OC(=O)CCCCCCCCCCCCCCC.S.[HH].[HH].[HH].[HH].[HH].[HH].[HH].[HH].[HH].[HH].[HH].[HH].[HH]. The zero-order valence-corrected chi connectivity index (χ0v) is 36.3. The largest absolute Gasteiger partial charge is 0.472 e. The number of unbranched alkanes of at least 4 members (excludes halogenated alkanes) is 12. The second-order valence-electron chi connectivity index (χ2n) is 12.9. The van der Waals surface area contributed by atoms with E-state index in [0.717, 1.165) is 32.1 Å². The molecule has 60 heavy (non-hydrogen) atoms. The van der Waals surface area contributed by atoms with Crippen LogP contribution < -0.4 is 0 Å². The molecule has 1 fully saturated rings. The monoisotopic (exact) mass is 922 g/mol. The minimum atomic E-state index is -5.39. The number of aliphatic hydroxyl groups is 4. The third kappa shape index (κ3) is 27.2. The average Bonchev–Trinajstić information content (AvgIpc) is 3.18. The average molecular weight is 923 g/mol. The van der Waals surface area contributed by atoms with E-state index in [0.29, 0.717) is 6.42 Å². The van der Waals surface area contributed by atoms with E-state index >= 15 is 0 Å². The van der Waals surface area contributed by atoms with E-state index in [1.54, 1.807) is 6.92 Å². The van der Waals surface area contributed by atoms with Gasteiger partial charge in [0.1, 0.15) is 43.2 Å². The van der Waals surface area contributed by atoms with Crippen LogP contribution in [0.4, 0.5) is 0 Å². The number of phosphoric acid groups is 2. The topological polar surface area (TPSA) is 256 Å². The molecular weight excluding hydrogens is 842 g/mol. The van der Waals surface area contributed by atoms with Crippen LogP contribution in [0.1, 0.15) is 122 Å². The summed E-state index contributed by atoms with van der Waals surface area (Å²) in [5, 5.41) is 41.0. The van der Waals surface area contributed by atoms with Crippen molar-refractivity contribution in [1.29, 1.82) is 0 Å². The van der Waals surface area contributed by atoms with Crippen molar-refractivity contribution in [3.05, 3.63) is 0 Å². The van der Waals surface area contributed by atoms with Crippen molar-refractivity contribution in [3.8, 4) is 82.9 Å². The lowest BCUT2D eigenvalue weighted by molar-refractivity contribution is -0.216. The van der Waals surface area contributed by atoms with E-state index in [-0.39, 0.29) is 38.5 Å². The molecule has 1 aliphatic rings. The molecule has 19 heteroatoms. The molecule has 0 spiro atoms. The molecule has 1 saturated carbocycles. The number of esters is 2. The molecule has 1 rings (SSSR count). The van der Waals surface area contributed by atoms with Crippen LogP contribution in [0.15, 0.2) is 0 Å². The zero-order chi connectivity index (χ0) is 43.9. The summed E-state index contributed by atoms with van der Waals surface area (Å²) in [6.45, 7) is 2.15. The summed E-state index contributed by atoms with van der Waals surface area (Å²) < 4.78 is 48.5. The van der Waals surface area contributed by atoms with Crippen molar-refractivity contribution in [1.82, 2.24) is 0 Å². The first-order chi connectivity index (χ1) is 28.1. The number of carbonyl (C=O) groups is 2. The number of carbonyl (C=O) groups excluding carboxylic acids is 2. The maximum absolute atomic E-state index is 12.9. The van der Waals surface area contributed by atoms with E-state index in [4.69, 9.17) is 28.3 Å². The van der Waals surface area contributed by atoms with E-state index in [1.165, 1.54) is 44.9 Å². The molecule has 0 aromatic heterocycles. The van der Waals surface area contributed by atoms with Crippen molar-refractivity contribution in [3.63, 3.8) is 0 Å². The second kappa shape index (κ2) is 33.0. The van der Waals surface area contributed by atoms with Crippen LogP contribution in [0.25, 0.3) is 0 Å². The predicted octanol–water partition coefficient (Wildman–Crippen LogP) is 5.71. The van der Waals surface area contributed by atoms with Crippen LogP contribution in [-0.4, -0.2) is 103 Å². The first-order valence-corrected chi connectivity index (χ1v) is 22.0. The Labute approximate surface area is 378 Å². The van der Waals surface area contributed by atoms with Gasteiger partial charge < -0.3 is 44.6 Å². The fourth-order valence-corrected chi connectivity index (χ4v) is 6.80. The molecule has 0 aliphatic heterocycles. The van der Waals surface area contributed by atoms with Gasteiger partial charge in [-0.05, 0) is 84.4 Å². The van der Waals surface area contributed by atoms with E-state index in [2.05, 4.69) is 94.3 Å². The molecule has 8 atom stereocenters. The number of hydrogen-bond acceptors (Lipinski definition) is 13. The van der Waals surface area contributed by atoms with Gasteiger partial charge in [0.2, 0.25) is 0 Å². The van der Waals surface area contributed by atoms with E-state index in [9.17, 15) is 44.0 Å². The summed E-state index contributed by atoms with van der Waals surface area (Å²) in [5.41, 5.74) is 0. The Morgan fingerprint density at radius 2 is 1.03 bits per heavy atom. The molecule has 4 unspecified atom stereocenters. The van der Waals surface area contributed by atoms with Crippen molar-refractivity contribution in [2.24, 2.45) is 0 Å².